The summed E-state index contributed by atoms with van der Waals surface area (Å²) < 4.78 is 22.0. The largest absolute Gasteiger partial charge is 0.497 e. The second-order valence-corrected chi connectivity index (χ2v) is 7.70. The number of ether oxygens (including phenoxy) is 1. The number of benzene rings is 1. The van der Waals surface area contributed by atoms with E-state index in [9.17, 15) is 4.21 Å². The van der Waals surface area contributed by atoms with Gasteiger partial charge in [0.25, 0.3) is 0 Å². The van der Waals surface area contributed by atoms with Gasteiger partial charge in [0.15, 0.2) is 0 Å². The van der Waals surface area contributed by atoms with Crippen molar-refractivity contribution in [3.05, 3.63) is 42.6 Å². The molecule has 4 rings (SSSR count). The molecule has 0 bridgehead atoms. The minimum atomic E-state index is -0.733. The van der Waals surface area contributed by atoms with Gasteiger partial charge >= 0.3 is 0 Å². The van der Waals surface area contributed by atoms with E-state index in [4.69, 9.17) is 9.26 Å². The van der Waals surface area contributed by atoms with Crippen LogP contribution in [0.3, 0.4) is 0 Å². The van der Waals surface area contributed by atoms with Crippen LogP contribution in [0.15, 0.2) is 47.1 Å². The summed E-state index contributed by atoms with van der Waals surface area (Å²) in [6.45, 7) is 5.39. The van der Waals surface area contributed by atoms with E-state index in [2.05, 4.69) is 20.4 Å². The van der Waals surface area contributed by atoms with E-state index >= 15 is 0 Å². The highest BCUT2D eigenvalue weighted by Gasteiger charge is 2.18. The molecule has 1 aliphatic rings. The molecule has 0 amide bonds. The van der Waals surface area contributed by atoms with Crippen LogP contribution >= 0.6 is 0 Å². The molecule has 1 aromatic carbocycles. The number of hydrogen-bond donors (Lipinski definition) is 1. The monoisotopic (exact) mass is 415 g/mol. The fourth-order valence-corrected chi connectivity index (χ4v) is 3.82. The fourth-order valence-electron chi connectivity index (χ4n) is 2.77. The normalized spacial score (nSPS) is 14.1. The van der Waals surface area contributed by atoms with Crippen molar-refractivity contribution in [2.24, 2.45) is 0 Å². The fraction of sp³-hybridized carbons (Fsp3) is 0.350. The van der Waals surface area contributed by atoms with E-state index in [1.54, 1.807) is 19.4 Å². The smallest absolute Gasteiger partial charge is 0.230 e. The van der Waals surface area contributed by atoms with Gasteiger partial charge in [0.05, 0.1) is 7.11 Å². The molecule has 29 heavy (non-hydrogen) atoms. The summed E-state index contributed by atoms with van der Waals surface area (Å²) in [5.74, 6) is 3.81. The molecule has 0 unspecified atom stereocenters. The SMILES string of the molecule is CC.COc1ccc(-c2cc(Nc3ccnc(N4CCS(=O)CC4)n3)on2)cc1. The molecule has 0 spiro atoms. The van der Waals surface area contributed by atoms with Gasteiger partial charge in [-0.25, -0.2) is 4.98 Å². The number of aromatic nitrogens is 3. The minimum absolute atomic E-state index is 0.491. The molecule has 0 saturated carbocycles. The molecule has 154 valence electrons. The lowest BCUT2D eigenvalue weighted by Crippen LogP contribution is -2.38. The zero-order chi connectivity index (χ0) is 20.6. The zero-order valence-electron chi connectivity index (χ0n) is 16.8. The van der Waals surface area contributed by atoms with Gasteiger partial charge in [0.1, 0.15) is 17.3 Å². The Hall–Kier alpha value is -2.94. The zero-order valence-corrected chi connectivity index (χ0v) is 17.6. The first kappa shape index (κ1) is 20.8. The van der Waals surface area contributed by atoms with Crippen LogP contribution in [0.2, 0.25) is 0 Å². The summed E-state index contributed by atoms with van der Waals surface area (Å²) in [7, 11) is 0.898. The van der Waals surface area contributed by atoms with E-state index in [0.717, 1.165) is 11.3 Å². The van der Waals surface area contributed by atoms with Crippen LogP contribution in [0.4, 0.5) is 17.7 Å². The van der Waals surface area contributed by atoms with Gasteiger partial charge < -0.3 is 19.5 Å². The lowest BCUT2D eigenvalue weighted by molar-refractivity contribution is 0.415. The highest BCUT2D eigenvalue weighted by Crippen LogP contribution is 2.25. The van der Waals surface area contributed by atoms with Crippen molar-refractivity contribution in [2.75, 3.05) is 41.9 Å². The molecule has 1 N–H and O–H groups in total. The number of hydrogen-bond acceptors (Lipinski definition) is 8. The van der Waals surface area contributed by atoms with Crippen LogP contribution in [0, 0.1) is 0 Å². The number of nitrogens with zero attached hydrogens (tertiary/aromatic N) is 4. The van der Waals surface area contributed by atoms with Crippen molar-refractivity contribution in [1.82, 2.24) is 15.1 Å². The molecule has 3 heterocycles. The summed E-state index contributed by atoms with van der Waals surface area (Å²) in [4.78, 5) is 10.9. The predicted molar refractivity (Wildman–Crippen MR) is 115 cm³/mol. The molecule has 2 aromatic heterocycles. The van der Waals surface area contributed by atoms with Gasteiger partial charge in [-0.1, -0.05) is 19.0 Å². The van der Waals surface area contributed by atoms with Crippen molar-refractivity contribution in [1.29, 1.82) is 0 Å². The summed E-state index contributed by atoms with van der Waals surface area (Å²) >= 11 is 0. The van der Waals surface area contributed by atoms with Crippen molar-refractivity contribution in [3.8, 4) is 17.0 Å². The molecule has 0 radical (unpaired) electrons. The molecule has 8 nitrogen and oxygen atoms in total. The molecular formula is C20H25N5O3S. The number of rotatable bonds is 5. The Morgan fingerprint density at radius 2 is 1.86 bits per heavy atom. The highest BCUT2D eigenvalue weighted by atomic mass is 32.2. The van der Waals surface area contributed by atoms with Crippen LogP contribution in [-0.4, -0.2) is 51.0 Å². The first-order valence-corrected chi connectivity index (χ1v) is 11.0. The molecule has 1 fully saturated rings. The molecule has 1 aliphatic heterocycles. The van der Waals surface area contributed by atoms with Crippen molar-refractivity contribution in [3.63, 3.8) is 0 Å². The first-order valence-electron chi connectivity index (χ1n) is 9.52. The van der Waals surface area contributed by atoms with Crippen LogP contribution in [0.1, 0.15) is 13.8 Å². The molecule has 1 saturated heterocycles. The van der Waals surface area contributed by atoms with Gasteiger partial charge in [-0.15, -0.1) is 0 Å². The average molecular weight is 416 g/mol. The summed E-state index contributed by atoms with van der Waals surface area (Å²) in [5, 5.41) is 7.21. The summed E-state index contributed by atoms with van der Waals surface area (Å²) in [5.41, 5.74) is 1.64. The van der Waals surface area contributed by atoms with Crippen LogP contribution in [0.5, 0.6) is 5.75 Å². The lowest BCUT2D eigenvalue weighted by Gasteiger charge is -2.26. The Labute approximate surface area is 172 Å². The van der Waals surface area contributed by atoms with Gasteiger partial charge in [-0.3, -0.25) is 4.21 Å². The molecule has 0 atom stereocenters. The van der Waals surface area contributed by atoms with E-state index < -0.39 is 10.8 Å². The van der Waals surface area contributed by atoms with Crippen molar-refractivity contribution in [2.45, 2.75) is 13.8 Å². The number of nitrogens with one attached hydrogen (secondary N) is 1. The third kappa shape index (κ3) is 5.32. The topological polar surface area (TPSA) is 93.4 Å². The maximum Gasteiger partial charge on any atom is 0.230 e. The van der Waals surface area contributed by atoms with Gasteiger partial charge in [-0.05, 0) is 30.3 Å². The highest BCUT2D eigenvalue weighted by molar-refractivity contribution is 7.85. The minimum Gasteiger partial charge on any atom is -0.497 e. The lowest BCUT2D eigenvalue weighted by atomic mass is 10.1. The molecule has 3 aromatic rings. The first-order chi connectivity index (χ1) is 14.2. The average Bonchev–Trinajstić information content (AvgIpc) is 3.24. The number of anilines is 3. The molecule has 9 heteroatoms. The van der Waals surface area contributed by atoms with Crippen molar-refractivity contribution >= 4 is 28.4 Å². The van der Waals surface area contributed by atoms with E-state index in [1.165, 1.54) is 0 Å². The Balaban J connectivity index is 0.00000117. The van der Waals surface area contributed by atoms with Crippen molar-refractivity contribution < 1.29 is 13.5 Å². The van der Waals surface area contributed by atoms with Crippen LogP contribution in [-0.2, 0) is 10.8 Å². The van der Waals surface area contributed by atoms with E-state index in [-0.39, 0.29) is 0 Å². The Bertz CT molecular complexity index is 935. The Morgan fingerprint density at radius 3 is 2.55 bits per heavy atom. The van der Waals surface area contributed by atoms with Gasteiger partial charge in [0.2, 0.25) is 11.8 Å². The second-order valence-electron chi connectivity index (χ2n) is 6.01. The van der Waals surface area contributed by atoms with Crippen LogP contribution in [0.25, 0.3) is 11.3 Å². The third-order valence-electron chi connectivity index (χ3n) is 4.25. The summed E-state index contributed by atoms with van der Waals surface area (Å²) in [6, 6.07) is 11.2. The predicted octanol–water partition coefficient (Wildman–Crippen LogP) is 3.48. The third-order valence-corrected chi connectivity index (χ3v) is 5.53. The Kier molecular flexibility index (Phi) is 7.18. The van der Waals surface area contributed by atoms with E-state index in [0.29, 0.717) is 47.9 Å². The summed E-state index contributed by atoms with van der Waals surface area (Å²) in [6.07, 6.45) is 1.69. The maximum absolute atomic E-state index is 11.5. The maximum atomic E-state index is 11.5. The quantitative estimate of drug-likeness (QED) is 0.677. The van der Waals surface area contributed by atoms with Crippen LogP contribution < -0.4 is 15.0 Å². The molecule has 0 aliphatic carbocycles. The molecular weight excluding hydrogens is 390 g/mol. The number of methoxy groups -OCH3 is 1. The Morgan fingerprint density at radius 1 is 1.14 bits per heavy atom. The standard InChI is InChI=1S/C18H19N5O3S.C2H6/c1-25-14-4-2-13(3-5-14)15-12-17(26-22-15)20-16-6-7-19-18(21-16)23-8-10-27(24)11-9-23;1-2/h2-7,12H,8-11H2,1H3,(H,19,20,21);1-2H3. The van der Waals surface area contributed by atoms with Gasteiger partial charge in [0, 0.05) is 53.2 Å². The van der Waals surface area contributed by atoms with E-state index in [1.807, 2.05) is 49.1 Å². The second kappa shape index (κ2) is 10.0. The van der Waals surface area contributed by atoms with Gasteiger partial charge in [-0.2, -0.15) is 4.98 Å².